The number of nitrogens with zero attached hydrogens (tertiary/aromatic N) is 4. The molecule has 35 heavy (non-hydrogen) atoms. The van der Waals surface area contributed by atoms with Crippen LogP contribution in [0.25, 0.3) is 16.7 Å². The Kier molecular flexibility index (Phi) is 6.86. The third kappa shape index (κ3) is 4.89. The Morgan fingerprint density at radius 1 is 1.09 bits per heavy atom. The number of likely N-dealkylation sites (tertiary alicyclic amines) is 1. The Morgan fingerprint density at radius 2 is 1.80 bits per heavy atom. The van der Waals surface area contributed by atoms with Gasteiger partial charge >= 0.3 is 5.97 Å². The fourth-order valence-corrected chi connectivity index (χ4v) is 4.61. The third-order valence-corrected chi connectivity index (χ3v) is 6.48. The van der Waals surface area contributed by atoms with Crippen LogP contribution in [-0.2, 0) is 14.3 Å². The van der Waals surface area contributed by atoms with Crippen LogP contribution in [0.1, 0.15) is 53.7 Å². The summed E-state index contributed by atoms with van der Waals surface area (Å²) in [6.07, 6.45) is 2.51. The number of carbonyl (C=O) groups excluding carboxylic acids is 3. The lowest BCUT2D eigenvalue weighted by Crippen LogP contribution is -2.40. The molecule has 0 aliphatic carbocycles. The Morgan fingerprint density at radius 3 is 2.46 bits per heavy atom. The van der Waals surface area contributed by atoms with Crippen molar-refractivity contribution in [1.29, 1.82) is 0 Å². The number of aryl methyl sites for hydroxylation is 3. The van der Waals surface area contributed by atoms with Crippen LogP contribution >= 0.6 is 0 Å². The molecule has 0 radical (unpaired) electrons. The van der Waals surface area contributed by atoms with Crippen LogP contribution in [0.15, 0.2) is 24.4 Å². The van der Waals surface area contributed by atoms with Crippen LogP contribution in [0.3, 0.4) is 0 Å². The van der Waals surface area contributed by atoms with Gasteiger partial charge in [-0.3, -0.25) is 9.59 Å². The summed E-state index contributed by atoms with van der Waals surface area (Å²) in [6.45, 7) is 10.6. The number of carbonyl (C=O) groups is 3. The first-order chi connectivity index (χ1) is 16.7. The number of ether oxygens (including phenoxy) is 1. The van der Waals surface area contributed by atoms with E-state index in [1.54, 1.807) is 11.8 Å². The van der Waals surface area contributed by atoms with Crippen molar-refractivity contribution in [2.24, 2.45) is 5.92 Å². The Labute approximate surface area is 204 Å². The highest BCUT2D eigenvalue weighted by atomic mass is 16.5. The minimum absolute atomic E-state index is 0.00904. The molecule has 9 heteroatoms. The van der Waals surface area contributed by atoms with E-state index in [9.17, 15) is 14.4 Å². The number of hydrogen-bond donors (Lipinski definition) is 1. The summed E-state index contributed by atoms with van der Waals surface area (Å²) in [4.78, 5) is 44.1. The van der Waals surface area contributed by atoms with E-state index < -0.39 is 5.97 Å². The number of pyridine rings is 1. The average Bonchev–Trinajstić information content (AvgIpc) is 3.23. The fraction of sp³-hybridized carbons (Fsp3) is 0.423. The standard InChI is InChI=1S/C26H31N5O4/c1-6-35-26(34)21-14-27-31(22-13-16(3)20-12-15(2)11-17(4)23(20)28-22)24(21)29-25(33)19-7-9-30(10-8-19)18(5)32/h11-14,19H,6-10H2,1-5H3,(H,29,33). The quantitative estimate of drug-likeness (QED) is 0.562. The predicted molar refractivity (Wildman–Crippen MR) is 133 cm³/mol. The molecule has 3 aromatic rings. The number of rotatable bonds is 5. The van der Waals surface area contributed by atoms with Gasteiger partial charge in [0.05, 0.1) is 18.3 Å². The lowest BCUT2D eigenvalue weighted by Gasteiger charge is -2.30. The molecule has 1 aliphatic heterocycles. The number of benzene rings is 1. The zero-order chi connectivity index (χ0) is 25.3. The van der Waals surface area contributed by atoms with E-state index >= 15 is 0 Å². The van der Waals surface area contributed by atoms with Crippen molar-refractivity contribution in [2.75, 3.05) is 25.0 Å². The molecule has 1 saturated heterocycles. The highest BCUT2D eigenvalue weighted by Gasteiger charge is 2.29. The molecule has 0 bridgehead atoms. The van der Waals surface area contributed by atoms with Crippen LogP contribution in [-0.4, -0.2) is 57.1 Å². The molecule has 1 aliphatic rings. The number of hydrogen-bond acceptors (Lipinski definition) is 6. The topological polar surface area (TPSA) is 106 Å². The molecule has 9 nitrogen and oxygen atoms in total. The molecule has 184 valence electrons. The van der Waals surface area contributed by atoms with Crippen molar-refractivity contribution in [1.82, 2.24) is 19.7 Å². The molecular weight excluding hydrogens is 446 g/mol. The summed E-state index contributed by atoms with van der Waals surface area (Å²) in [7, 11) is 0. The molecule has 1 N–H and O–H groups in total. The number of amides is 2. The maximum atomic E-state index is 13.2. The number of nitrogens with one attached hydrogen (secondary N) is 1. The third-order valence-electron chi connectivity index (χ3n) is 6.48. The van der Waals surface area contributed by atoms with Crippen molar-refractivity contribution in [3.05, 3.63) is 46.6 Å². The molecule has 3 heterocycles. The van der Waals surface area contributed by atoms with E-state index in [1.807, 2.05) is 26.8 Å². The molecule has 1 aromatic carbocycles. The summed E-state index contributed by atoms with van der Waals surface area (Å²) in [5.41, 5.74) is 4.21. The summed E-state index contributed by atoms with van der Waals surface area (Å²) in [6, 6.07) is 6.06. The van der Waals surface area contributed by atoms with Crippen molar-refractivity contribution in [3.63, 3.8) is 0 Å². The molecule has 2 aromatic heterocycles. The molecular formula is C26H31N5O4. The Balaban J connectivity index is 1.72. The van der Waals surface area contributed by atoms with Gasteiger partial charge in [0, 0.05) is 31.3 Å². The van der Waals surface area contributed by atoms with E-state index in [-0.39, 0.29) is 35.7 Å². The molecule has 2 amide bonds. The van der Waals surface area contributed by atoms with Crippen molar-refractivity contribution in [2.45, 2.75) is 47.5 Å². The van der Waals surface area contributed by atoms with Gasteiger partial charge in [0.15, 0.2) is 11.6 Å². The zero-order valence-electron chi connectivity index (χ0n) is 20.8. The number of aromatic nitrogens is 3. The number of esters is 1. The maximum Gasteiger partial charge on any atom is 0.343 e. The summed E-state index contributed by atoms with van der Waals surface area (Å²) in [5, 5.41) is 8.37. The summed E-state index contributed by atoms with van der Waals surface area (Å²) < 4.78 is 6.69. The first kappa shape index (κ1) is 24.4. The molecule has 0 saturated carbocycles. The van der Waals surface area contributed by atoms with Crippen molar-refractivity contribution >= 4 is 34.5 Å². The SMILES string of the molecule is CCOC(=O)c1cnn(-c2cc(C)c3cc(C)cc(C)c3n2)c1NC(=O)C1CCN(C(C)=O)CC1. The van der Waals surface area contributed by atoms with Gasteiger partial charge < -0.3 is 15.0 Å². The smallest absolute Gasteiger partial charge is 0.343 e. The maximum absolute atomic E-state index is 13.2. The second kappa shape index (κ2) is 9.85. The largest absolute Gasteiger partial charge is 0.462 e. The lowest BCUT2D eigenvalue weighted by molar-refractivity contribution is -0.132. The average molecular weight is 478 g/mol. The van der Waals surface area contributed by atoms with Gasteiger partial charge in [0.25, 0.3) is 0 Å². The van der Waals surface area contributed by atoms with Gasteiger partial charge in [-0.2, -0.15) is 9.78 Å². The summed E-state index contributed by atoms with van der Waals surface area (Å²) in [5.74, 6) is -0.317. The number of piperidine rings is 1. The minimum Gasteiger partial charge on any atom is -0.462 e. The monoisotopic (exact) mass is 477 g/mol. The van der Waals surface area contributed by atoms with Crippen LogP contribution in [0.2, 0.25) is 0 Å². The predicted octanol–water partition coefficient (Wildman–Crippen LogP) is 3.72. The van der Waals surface area contributed by atoms with Crippen LogP contribution in [0.5, 0.6) is 0 Å². The molecule has 1 fully saturated rings. The minimum atomic E-state index is -0.565. The lowest BCUT2D eigenvalue weighted by atomic mass is 9.96. The highest BCUT2D eigenvalue weighted by Crippen LogP contribution is 2.28. The first-order valence-electron chi connectivity index (χ1n) is 11.9. The second-order valence-electron chi connectivity index (χ2n) is 9.08. The van der Waals surface area contributed by atoms with Crippen molar-refractivity contribution in [3.8, 4) is 5.82 Å². The van der Waals surface area contributed by atoms with E-state index in [2.05, 4.69) is 22.5 Å². The second-order valence-corrected chi connectivity index (χ2v) is 9.08. The van der Waals surface area contributed by atoms with Crippen LogP contribution < -0.4 is 5.32 Å². The van der Waals surface area contributed by atoms with Crippen molar-refractivity contribution < 1.29 is 19.1 Å². The highest BCUT2D eigenvalue weighted by molar-refractivity contribution is 6.01. The summed E-state index contributed by atoms with van der Waals surface area (Å²) >= 11 is 0. The van der Waals surface area contributed by atoms with E-state index in [0.29, 0.717) is 31.7 Å². The van der Waals surface area contributed by atoms with Gasteiger partial charge in [0.2, 0.25) is 11.8 Å². The molecule has 4 rings (SSSR count). The first-order valence-corrected chi connectivity index (χ1v) is 11.9. The van der Waals surface area contributed by atoms with Crippen LogP contribution in [0, 0.1) is 26.7 Å². The molecule has 0 unspecified atom stereocenters. The zero-order valence-corrected chi connectivity index (χ0v) is 20.8. The Hall–Kier alpha value is -3.75. The fourth-order valence-electron chi connectivity index (χ4n) is 4.61. The van der Waals surface area contributed by atoms with Crippen LogP contribution in [0.4, 0.5) is 5.82 Å². The van der Waals surface area contributed by atoms with Gasteiger partial charge in [0.1, 0.15) is 5.56 Å². The van der Waals surface area contributed by atoms with E-state index in [1.165, 1.54) is 17.8 Å². The van der Waals surface area contributed by atoms with E-state index in [0.717, 1.165) is 27.6 Å². The molecule has 0 atom stereocenters. The number of anilines is 1. The van der Waals surface area contributed by atoms with Gasteiger partial charge in [-0.25, -0.2) is 9.78 Å². The van der Waals surface area contributed by atoms with Gasteiger partial charge in [-0.1, -0.05) is 11.6 Å². The van der Waals surface area contributed by atoms with E-state index in [4.69, 9.17) is 9.72 Å². The van der Waals surface area contributed by atoms with Gasteiger partial charge in [-0.05, 0) is 63.8 Å². The number of fused-ring (bicyclic) bond motifs is 1. The Bertz CT molecular complexity index is 1300. The molecule has 0 spiro atoms. The normalized spacial score (nSPS) is 14.3. The van der Waals surface area contributed by atoms with Gasteiger partial charge in [-0.15, -0.1) is 0 Å².